The van der Waals surface area contributed by atoms with Gasteiger partial charge in [0.1, 0.15) is 0 Å². The lowest BCUT2D eigenvalue weighted by atomic mass is 10.0. The highest BCUT2D eigenvalue weighted by Crippen LogP contribution is 2.23. The number of benzene rings is 1. The van der Waals surface area contributed by atoms with Crippen molar-refractivity contribution < 1.29 is 0 Å². The predicted octanol–water partition coefficient (Wildman–Crippen LogP) is 3.45. The van der Waals surface area contributed by atoms with Crippen molar-refractivity contribution in [1.29, 1.82) is 0 Å². The minimum absolute atomic E-state index is 0.616. The van der Waals surface area contributed by atoms with E-state index in [1.807, 2.05) is 0 Å². The topological polar surface area (TPSA) is 12.0 Å². The molecule has 1 nitrogen and oxygen atoms in total. The zero-order valence-electron chi connectivity index (χ0n) is 9.63. The maximum Gasteiger partial charge on any atom is 0.0320 e. The summed E-state index contributed by atoms with van der Waals surface area (Å²) in [5, 5.41) is 3.54. The molecule has 1 aromatic carbocycles. The van der Waals surface area contributed by atoms with E-state index in [9.17, 15) is 0 Å². The first kappa shape index (κ1) is 10.7. The Kier molecular flexibility index (Phi) is 3.79. The Balaban J connectivity index is 1.96. The van der Waals surface area contributed by atoms with Gasteiger partial charge in [-0.3, -0.25) is 0 Å². The number of aryl methyl sites for hydroxylation is 1. The molecule has 1 aromatic rings. The summed E-state index contributed by atoms with van der Waals surface area (Å²) in [6.07, 6.45) is 6.44. The molecule has 2 rings (SSSR count). The van der Waals surface area contributed by atoms with E-state index in [0.717, 1.165) is 0 Å². The van der Waals surface area contributed by atoms with Crippen molar-refractivity contribution in [3.05, 3.63) is 35.4 Å². The summed E-state index contributed by atoms with van der Waals surface area (Å²) in [4.78, 5) is 0. The Hall–Kier alpha value is -0.820. The van der Waals surface area contributed by atoms with Crippen molar-refractivity contribution in [1.82, 2.24) is 5.32 Å². The highest BCUT2D eigenvalue weighted by Gasteiger charge is 2.15. The van der Waals surface area contributed by atoms with Gasteiger partial charge < -0.3 is 5.32 Å². The molecule has 1 aliphatic rings. The summed E-state index contributed by atoms with van der Waals surface area (Å²) < 4.78 is 0. The molecule has 0 unspecified atom stereocenters. The Labute approximate surface area is 92.9 Å². The van der Waals surface area contributed by atoms with Crippen molar-refractivity contribution in [2.24, 2.45) is 0 Å². The molecule has 0 radical (unpaired) electrons. The SMILES string of the molecule is CCCCc1ccc([C@H]2CCCN2)cc1. The van der Waals surface area contributed by atoms with Gasteiger partial charge in [0.15, 0.2) is 0 Å². The molecule has 1 fully saturated rings. The molecule has 0 aromatic heterocycles. The predicted molar refractivity (Wildman–Crippen MR) is 65.0 cm³/mol. The van der Waals surface area contributed by atoms with Crippen LogP contribution in [0.1, 0.15) is 49.8 Å². The van der Waals surface area contributed by atoms with Crippen LogP contribution in [0, 0.1) is 0 Å². The minimum atomic E-state index is 0.616. The van der Waals surface area contributed by atoms with Gasteiger partial charge in [0, 0.05) is 6.04 Å². The molecule has 1 atom stereocenters. The highest BCUT2D eigenvalue weighted by atomic mass is 14.9. The lowest BCUT2D eigenvalue weighted by molar-refractivity contribution is 0.647. The summed E-state index contributed by atoms with van der Waals surface area (Å²) >= 11 is 0. The Morgan fingerprint density at radius 3 is 2.67 bits per heavy atom. The van der Waals surface area contributed by atoms with Crippen LogP contribution < -0.4 is 5.32 Å². The first-order valence-electron chi connectivity index (χ1n) is 6.22. The monoisotopic (exact) mass is 203 g/mol. The summed E-state index contributed by atoms with van der Waals surface area (Å²) in [6, 6.07) is 9.81. The maximum atomic E-state index is 3.54. The van der Waals surface area contributed by atoms with E-state index in [-0.39, 0.29) is 0 Å². The molecule has 0 spiro atoms. The third-order valence-electron chi connectivity index (χ3n) is 3.26. The average Bonchev–Trinajstić information content (AvgIpc) is 2.80. The summed E-state index contributed by atoms with van der Waals surface area (Å²) in [6.45, 7) is 3.43. The molecule has 0 bridgehead atoms. The number of hydrogen-bond acceptors (Lipinski definition) is 1. The van der Waals surface area contributed by atoms with Crippen LogP contribution >= 0.6 is 0 Å². The van der Waals surface area contributed by atoms with Crippen LogP contribution in [0.4, 0.5) is 0 Å². The molecule has 82 valence electrons. The summed E-state index contributed by atoms with van der Waals surface area (Å²) in [5.41, 5.74) is 2.95. The first-order chi connectivity index (χ1) is 7.40. The van der Waals surface area contributed by atoms with Crippen molar-refractivity contribution in [2.75, 3.05) is 6.54 Å². The van der Waals surface area contributed by atoms with Crippen molar-refractivity contribution in [3.63, 3.8) is 0 Å². The van der Waals surface area contributed by atoms with Crippen molar-refractivity contribution in [3.8, 4) is 0 Å². The van der Waals surface area contributed by atoms with E-state index in [2.05, 4.69) is 36.5 Å². The molecule has 0 amide bonds. The fourth-order valence-corrected chi connectivity index (χ4v) is 2.27. The minimum Gasteiger partial charge on any atom is -0.310 e. The van der Waals surface area contributed by atoms with E-state index in [0.29, 0.717) is 6.04 Å². The second kappa shape index (κ2) is 5.32. The van der Waals surface area contributed by atoms with Gasteiger partial charge in [-0.1, -0.05) is 37.6 Å². The number of rotatable bonds is 4. The van der Waals surface area contributed by atoms with E-state index < -0.39 is 0 Å². The van der Waals surface area contributed by atoms with Crippen molar-refractivity contribution >= 4 is 0 Å². The van der Waals surface area contributed by atoms with Gasteiger partial charge in [-0.15, -0.1) is 0 Å². The largest absolute Gasteiger partial charge is 0.310 e. The molecule has 1 aliphatic heterocycles. The van der Waals surface area contributed by atoms with Crippen LogP contribution in [0.3, 0.4) is 0 Å². The zero-order valence-corrected chi connectivity index (χ0v) is 9.63. The molecular formula is C14H21N. The van der Waals surface area contributed by atoms with Crippen LogP contribution in [-0.4, -0.2) is 6.54 Å². The highest BCUT2D eigenvalue weighted by molar-refractivity contribution is 5.25. The van der Waals surface area contributed by atoms with Crippen molar-refractivity contribution in [2.45, 2.75) is 45.1 Å². The molecule has 1 heterocycles. The Bertz CT molecular complexity index is 283. The van der Waals surface area contributed by atoms with Gasteiger partial charge in [0.05, 0.1) is 0 Å². The zero-order chi connectivity index (χ0) is 10.5. The normalized spacial score (nSPS) is 20.7. The molecule has 1 N–H and O–H groups in total. The van der Waals surface area contributed by atoms with E-state index >= 15 is 0 Å². The van der Waals surface area contributed by atoms with Gasteiger partial charge in [-0.2, -0.15) is 0 Å². The van der Waals surface area contributed by atoms with Gasteiger partial charge in [0.25, 0.3) is 0 Å². The van der Waals surface area contributed by atoms with Gasteiger partial charge in [-0.05, 0) is 43.4 Å². The Morgan fingerprint density at radius 1 is 1.27 bits per heavy atom. The van der Waals surface area contributed by atoms with Crippen LogP contribution in [0.2, 0.25) is 0 Å². The van der Waals surface area contributed by atoms with E-state index in [1.54, 1.807) is 0 Å². The third-order valence-corrected chi connectivity index (χ3v) is 3.26. The molecule has 0 saturated carbocycles. The van der Waals surface area contributed by atoms with Gasteiger partial charge >= 0.3 is 0 Å². The van der Waals surface area contributed by atoms with Crippen LogP contribution in [-0.2, 0) is 6.42 Å². The average molecular weight is 203 g/mol. The molecule has 0 aliphatic carbocycles. The fraction of sp³-hybridized carbons (Fsp3) is 0.571. The second-order valence-electron chi connectivity index (χ2n) is 4.49. The van der Waals surface area contributed by atoms with E-state index in [4.69, 9.17) is 0 Å². The summed E-state index contributed by atoms with van der Waals surface area (Å²) in [5.74, 6) is 0. The standard InChI is InChI=1S/C14H21N/c1-2-3-5-12-7-9-13(10-8-12)14-6-4-11-15-14/h7-10,14-15H,2-6,11H2,1H3/t14-/m1/s1. The number of unbranched alkanes of at least 4 members (excludes halogenated alkanes) is 1. The fourth-order valence-electron chi connectivity index (χ4n) is 2.27. The van der Waals surface area contributed by atoms with Gasteiger partial charge in [-0.25, -0.2) is 0 Å². The van der Waals surface area contributed by atoms with Gasteiger partial charge in [0.2, 0.25) is 0 Å². The van der Waals surface area contributed by atoms with Crippen LogP contribution in [0.25, 0.3) is 0 Å². The molecule has 1 heteroatoms. The lowest BCUT2D eigenvalue weighted by Crippen LogP contribution is -2.12. The molecule has 15 heavy (non-hydrogen) atoms. The third kappa shape index (κ3) is 2.82. The second-order valence-corrected chi connectivity index (χ2v) is 4.49. The molecule has 1 saturated heterocycles. The first-order valence-corrected chi connectivity index (χ1v) is 6.22. The summed E-state index contributed by atoms with van der Waals surface area (Å²) in [7, 11) is 0. The van der Waals surface area contributed by atoms with E-state index in [1.165, 1.54) is 49.8 Å². The number of nitrogens with one attached hydrogen (secondary N) is 1. The van der Waals surface area contributed by atoms with Crippen LogP contribution in [0.5, 0.6) is 0 Å². The number of hydrogen-bond donors (Lipinski definition) is 1. The quantitative estimate of drug-likeness (QED) is 0.790. The molecular weight excluding hydrogens is 182 g/mol. The maximum absolute atomic E-state index is 3.54. The Morgan fingerprint density at radius 2 is 2.07 bits per heavy atom. The lowest BCUT2D eigenvalue weighted by Gasteiger charge is -2.11. The smallest absolute Gasteiger partial charge is 0.0320 e. The van der Waals surface area contributed by atoms with Crippen LogP contribution in [0.15, 0.2) is 24.3 Å².